The summed E-state index contributed by atoms with van der Waals surface area (Å²) in [6.07, 6.45) is 4.87. The summed E-state index contributed by atoms with van der Waals surface area (Å²) in [5.41, 5.74) is 0.380. The Balaban J connectivity index is 2.35. The van der Waals surface area contributed by atoms with Crippen molar-refractivity contribution < 1.29 is 14.9 Å². The van der Waals surface area contributed by atoms with Gasteiger partial charge in [-0.3, -0.25) is 0 Å². The molecule has 0 aromatic heterocycles. The topological polar surface area (TPSA) is 49.7 Å². The molecule has 0 aromatic carbocycles. The van der Waals surface area contributed by atoms with E-state index >= 15 is 0 Å². The lowest BCUT2D eigenvalue weighted by molar-refractivity contribution is -0.0599. The van der Waals surface area contributed by atoms with E-state index in [1.54, 1.807) is 0 Å². The van der Waals surface area contributed by atoms with Crippen LogP contribution < -0.4 is 0 Å². The van der Waals surface area contributed by atoms with Crippen LogP contribution in [0.15, 0.2) is 0 Å². The van der Waals surface area contributed by atoms with Crippen molar-refractivity contribution in [2.24, 2.45) is 11.3 Å². The molecule has 0 spiro atoms. The summed E-state index contributed by atoms with van der Waals surface area (Å²) in [5, 5.41) is 18.2. The molecule has 3 heteroatoms. The van der Waals surface area contributed by atoms with Gasteiger partial charge < -0.3 is 14.9 Å². The Morgan fingerprint density at radius 2 is 2.12 bits per heavy atom. The molecule has 0 bridgehead atoms. The van der Waals surface area contributed by atoms with Crippen LogP contribution in [0.2, 0.25) is 0 Å². The third kappa shape index (κ3) is 4.57. The maximum Gasteiger partial charge on any atom is 0.0795 e. The fourth-order valence-electron chi connectivity index (χ4n) is 2.60. The Hall–Kier alpha value is -0.120. The molecule has 0 saturated heterocycles. The summed E-state index contributed by atoms with van der Waals surface area (Å²) in [6.45, 7) is 7.29. The monoisotopic (exact) mass is 244 g/mol. The van der Waals surface area contributed by atoms with Crippen LogP contribution in [0.5, 0.6) is 0 Å². The van der Waals surface area contributed by atoms with Gasteiger partial charge in [-0.2, -0.15) is 0 Å². The van der Waals surface area contributed by atoms with E-state index < -0.39 is 6.10 Å². The Morgan fingerprint density at radius 1 is 1.41 bits per heavy atom. The molecule has 0 aromatic rings. The predicted molar refractivity (Wildman–Crippen MR) is 68.9 cm³/mol. The van der Waals surface area contributed by atoms with Crippen molar-refractivity contribution >= 4 is 0 Å². The minimum Gasteiger partial charge on any atom is -0.396 e. The van der Waals surface area contributed by atoms with Gasteiger partial charge in [0.25, 0.3) is 0 Å². The number of aliphatic hydroxyl groups excluding tert-OH is 2. The first-order chi connectivity index (χ1) is 7.98. The van der Waals surface area contributed by atoms with E-state index in [0.29, 0.717) is 24.4 Å². The smallest absolute Gasteiger partial charge is 0.0795 e. The van der Waals surface area contributed by atoms with Crippen LogP contribution in [-0.4, -0.2) is 35.6 Å². The molecule has 102 valence electrons. The maximum atomic E-state index is 9.53. The molecule has 1 fully saturated rings. The van der Waals surface area contributed by atoms with Crippen LogP contribution in [0.1, 0.15) is 52.9 Å². The normalized spacial score (nSPS) is 31.8. The molecule has 1 aliphatic carbocycles. The molecule has 1 saturated carbocycles. The van der Waals surface area contributed by atoms with Gasteiger partial charge in [-0.1, -0.05) is 27.2 Å². The first kappa shape index (κ1) is 14.9. The number of rotatable bonds is 6. The van der Waals surface area contributed by atoms with Crippen molar-refractivity contribution in [1.29, 1.82) is 0 Å². The molecule has 1 aliphatic rings. The second kappa shape index (κ2) is 6.72. The molecule has 1 rings (SSSR count). The van der Waals surface area contributed by atoms with Crippen LogP contribution in [0.25, 0.3) is 0 Å². The highest BCUT2D eigenvalue weighted by Crippen LogP contribution is 2.42. The van der Waals surface area contributed by atoms with Crippen LogP contribution in [0.3, 0.4) is 0 Å². The second-order valence-electron chi connectivity index (χ2n) is 6.03. The van der Waals surface area contributed by atoms with Gasteiger partial charge in [-0.25, -0.2) is 0 Å². The molecular formula is C14H28O3. The highest BCUT2D eigenvalue weighted by atomic mass is 16.5. The fraction of sp³-hybridized carbons (Fsp3) is 1.00. The first-order valence-corrected chi connectivity index (χ1v) is 6.88. The number of hydrogen-bond donors (Lipinski definition) is 2. The van der Waals surface area contributed by atoms with E-state index in [0.717, 1.165) is 12.8 Å². The van der Waals surface area contributed by atoms with E-state index in [-0.39, 0.29) is 12.7 Å². The van der Waals surface area contributed by atoms with Crippen molar-refractivity contribution in [3.8, 4) is 0 Å². The van der Waals surface area contributed by atoms with E-state index in [2.05, 4.69) is 20.8 Å². The predicted octanol–water partition coefficient (Wildman–Crippen LogP) is 2.35. The zero-order valence-corrected chi connectivity index (χ0v) is 11.5. The van der Waals surface area contributed by atoms with Crippen molar-refractivity contribution in [2.75, 3.05) is 13.2 Å². The third-order valence-electron chi connectivity index (χ3n) is 4.35. The van der Waals surface area contributed by atoms with Crippen LogP contribution in [-0.2, 0) is 4.74 Å². The average Bonchev–Trinajstić information content (AvgIpc) is 2.27. The molecule has 3 atom stereocenters. The van der Waals surface area contributed by atoms with Gasteiger partial charge in [0.1, 0.15) is 0 Å². The molecule has 3 nitrogen and oxygen atoms in total. The van der Waals surface area contributed by atoms with E-state index in [4.69, 9.17) is 9.84 Å². The minimum atomic E-state index is -0.521. The molecule has 0 amide bonds. The summed E-state index contributed by atoms with van der Waals surface area (Å²) in [5.74, 6) is 0.677. The number of aliphatic hydroxyl groups is 2. The van der Waals surface area contributed by atoms with Crippen LogP contribution in [0.4, 0.5) is 0 Å². The number of ether oxygens (including phenoxy) is 1. The van der Waals surface area contributed by atoms with E-state index in [1.165, 1.54) is 12.8 Å². The molecule has 0 radical (unpaired) electrons. The fourth-order valence-corrected chi connectivity index (χ4v) is 2.60. The molecule has 2 N–H and O–H groups in total. The number of hydrogen-bond acceptors (Lipinski definition) is 3. The van der Waals surface area contributed by atoms with E-state index in [9.17, 15) is 5.11 Å². The zero-order valence-electron chi connectivity index (χ0n) is 11.5. The highest BCUT2D eigenvalue weighted by molar-refractivity contribution is 4.85. The summed E-state index contributed by atoms with van der Waals surface area (Å²) < 4.78 is 5.78. The van der Waals surface area contributed by atoms with Crippen molar-refractivity contribution in [3.05, 3.63) is 0 Å². The summed E-state index contributed by atoms with van der Waals surface area (Å²) in [6, 6.07) is 0. The van der Waals surface area contributed by atoms with Crippen LogP contribution >= 0.6 is 0 Å². The summed E-state index contributed by atoms with van der Waals surface area (Å²) >= 11 is 0. The Morgan fingerprint density at radius 3 is 2.71 bits per heavy atom. The summed E-state index contributed by atoms with van der Waals surface area (Å²) in [7, 11) is 0. The Labute approximate surface area is 105 Å². The standard InChI is InChI=1S/C14H28O3/c1-11(2)14(3)7-4-5-13(9-14)17-10-12(16)6-8-15/h11-13,15-16H,4-10H2,1-3H3. The SMILES string of the molecule is CC(C)C1(C)CCCC(OCC(O)CCO)C1. The van der Waals surface area contributed by atoms with Crippen molar-refractivity contribution in [1.82, 2.24) is 0 Å². The average molecular weight is 244 g/mol. The molecule has 0 aliphatic heterocycles. The lowest BCUT2D eigenvalue weighted by atomic mass is 9.67. The molecule has 17 heavy (non-hydrogen) atoms. The molecular weight excluding hydrogens is 216 g/mol. The quantitative estimate of drug-likeness (QED) is 0.754. The first-order valence-electron chi connectivity index (χ1n) is 6.88. The van der Waals surface area contributed by atoms with Crippen molar-refractivity contribution in [3.63, 3.8) is 0 Å². The maximum absolute atomic E-state index is 9.53. The summed E-state index contributed by atoms with van der Waals surface area (Å²) in [4.78, 5) is 0. The third-order valence-corrected chi connectivity index (χ3v) is 4.35. The van der Waals surface area contributed by atoms with E-state index in [1.807, 2.05) is 0 Å². The van der Waals surface area contributed by atoms with Crippen LogP contribution in [0, 0.1) is 11.3 Å². The van der Waals surface area contributed by atoms with Gasteiger partial charge in [0.2, 0.25) is 0 Å². The Kier molecular flexibility index (Phi) is 5.90. The van der Waals surface area contributed by atoms with Gasteiger partial charge in [-0.15, -0.1) is 0 Å². The van der Waals surface area contributed by atoms with Gasteiger partial charge in [0.05, 0.1) is 18.8 Å². The zero-order chi connectivity index (χ0) is 12.9. The lowest BCUT2D eigenvalue weighted by Crippen LogP contribution is -2.35. The highest BCUT2D eigenvalue weighted by Gasteiger charge is 2.35. The largest absolute Gasteiger partial charge is 0.396 e. The van der Waals surface area contributed by atoms with Gasteiger partial charge in [-0.05, 0) is 37.0 Å². The van der Waals surface area contributed by atoms with Gasteiger partial charge in [0, 0.05) is 6.61 Å². The molecule has 3 unspecified atom stereocenters. The minimum absolute atomic E-state index is 0.0267. The van der Waals surface area contributed by atoms with Crippen molar-refractivity contribution in [2.45, 2.75) is 65.1 Å². The Bertz CT molecular complexity index is 218. The van der Waals surface area contributed by atoms with Gasteiger partial charge >= 0.3 is 0 Å². The lowest BCUT2D eigenvalue weighted by Gasteiger charge is -2.41. The molecule has 0 heterocycles. The second-order valence-corrected chi connectivity index (χ2v) is 6.03. The van der Waals surface area contributed by atoms with Gasteiger partial charge in [0.15, 0.2) is 0 Å².